The van der Waals surface area contributed by atoms with E-state index in [9.17, 15) is 14.9 Å². The molecule has 1 heterocycles. The van der Waals surface area contributed by atoms with Crippen molar-refractivity contribution in [2.24, 2.45) is 12.9 Å². The number of aromatic nitrogens is 2. The third-order valence-electron chi connectivity index (χ3n) is 1.35. The molecule has 1 amide bonds. The normalized spacial score (nSPS) is 9.69. The number of aryl methyl sites for hydroxylation is 1. The van der Waals surface area contributed by atoms with E-state index in [1.54, 1.807) is 5.43 Å². The van der Waals surface area contributed by atoms with Gasteiger partial charge in [-0.2, -0.15) is 5.10 Å². The number of carbonyl (C=O) groups excluding carboxylic acids is 1. The van der Waals surface area contributed by atoms with Crippen LogP contribution < -0.4 is 11.3 Å². The quantitative estimate of drug-likeness (QED) is 0.263. The Hall–Kier alpha value is -1.96. The number of nitrogens with two attached hydrogens (primary N) is 1. The van der Waals surface area contributed by atoms with Gasteiger partial charge < -0.3 is 0 Å². The van der Waals surface area contributed by atoms with E-state index in [2.05, 4.69) is 5.10 Å². The van der Waals surface area contributed by atoms with Gasteiger partial charge in [0, 0.05) is 7.05 Å². The van der Waals surface area contributed by atoms with Gasteiger partial charge in [0.1, 0.15) is 6.20 Å². The predicted octanol–water partition coefficient (Wildman–Crippen LogP) is -1.07. The predicted molar refractivity (Wildman–Crippen MR) is 41.5 cm³/mol. The largest absolute Gasteiger partial charge is 0.320 e. The fraction of sp³-hybridized carbons (Fsp3) is 0.200. The topological polar surface area (TPSA) is 116 Å². The number of hydrazine groups is 1. The van der Waals surface area contributed by atoms with Gasteiger partial charge >= 0.3 is 5.69 Å². The highest BCUT2D eigenvalue weighted by atomic mass is 16.6. The Kier molecular flexibility index (Phi) is 2.24. The zero-order valence-corrected chi connectivity index (χ0v) is 6.72. The molecule has 0 unspecified atom stereocenters. The molecule has 3 N–H and O–H groups in total. The minimum absolute atomic E-state index is 0.296. The lowest BCUT2D eigenvalue weighted by Gasteiger charge is -1.92. The summed E-state index contributed by atoms with van der Waals surface area (Å²) in [5.41, 5.74) is 1.10. The molecular weight excluding hydrogens is 178 g/mol. The van der Waals surface area contributed by atoms with E-state index in [4.69, 9.17) is 5.84 Å². The molecule has 0 radical (unpaired) electrons. The highest BCUT2D eigenvalue weighted by Gasteiger charge is 2.23. The number of nitrogens with zero attached hydrogens (tertiary/aromatic N) is 3. The van der Waals surface area contributed by atoms with E-state index in [0.717, 1.165) is 6.20 Å². The molecule has 0 fully saturated rings. The molecule has 0 aliphatic rings. The number of hydrogen-bond acceptors (Lipinski definition) is 5. The summed E-state index contributed by atoms with van der Waals surface area (Å²) in [7, 11) is 1.47. The molecule has 8 heteroatoms. The summed E-state index contributed by atoms with van der Waals surface area (Å²) in [6, 6.07) is 0. The third-order valence-corrected chi connectivity index (χ3v) is 1.35. The first-order valence-corrected chi connectivity index (χ1v) is 3.25. The lowest BCUT2D eigenvalue weighted by Crippen LogP contribution is -2.30. The van der Waals surface area contributed by atoms with Crippen LogP contribution in [0.4, 0.5) is 5.69 Å². The highest BCUT2D eigenvalue weighted by molar-refractivity contribution is 5.95. The Balaban J connectivity index is 3.19. The number of hydrogen-bond donors (Lipinski definition) is 2. The average Bonchev–Trinajstić information content (AvgIpc) is 2.46. The molecule has 0 spiro atoms. The van der Waals surface area contributed by atoms with Crippen LogP contribution >= 0.6 is 0 Å². The van der Waals surface area contributed by atoms with E-state index >= 15 is 0 Å². The Morgan fingerprint density at radius 1 is 1.85 bits per heavy atom. The third kappa shape index (κ3) is 1.62. The first-order chi connectivity index (χ1) is 6.06. The molecule has 0 saturated carbocycles. The number of nitro groups is 1. The van der Waals surface area contributed by atoms with Crippen LogP contribution in [0, 0.1) is 10.1 Å². The van der Waals surface area contributed by atoms with Crippen LogP contribution in [0.1, 0.15) is 10.5 Å². The Morgan fingerprint density at radius 3 is 2.92 bits per heavy atom. The van der Waals surface area contributed by atoms with Gasteiger partial charge in [0.15, 0.2) is 0 Å². The van der Waals surface area contributed by atoms with E-state index < -0.39 is 10.8 Å². The Labute approximate surface area is 72.4 Å². The van der Waals surface area contributed by atoms with Crippen LogP contribution in [0.5, 0.6) is 0 Å². The smallest absolute Gasteiger partial charge is 0.289 e. The zero-order valence-electron chi connectivity index (χ0n) is 6.72. The summed E-state index contributed by atoms with van der Waals surface area (Å²) in [4.78, 5) is 20.6. The average molecular weight is 185 g/mol. The number of amides is 1. The van der Waals surface area contributed by atoms with Gasteiger partial charge in [0.05, 0.1) is 4.92 Å². The van der Waals surface area contributed by atoms with Crippen molar-refractivity contribution in [2.75, 3.05) is 0 Å². The second-order valence-corrected chi connectivity index (χ2v) is 2.27. The summed E-state index contributed by atoms with van der Waals surface area (Å²) in [6.45, 7) is 0. The monoisotopic (exact) mass is 185 g/mol. The summed E-state index contributed by atoms with van der Waals surface area (Å²) in [5.74, 6) is 4.03. The molecule has 0 bridgehead atoms. The molecule has 0 atom stereocenters. The van der Waals surface area contributed by atoms with Crippen molar-refractivity contribution in [3.05, 3.63) is 22.0 Å². The Bertz CT molecular complexity index is 357. The minimum atomic E-state index is -0.785. The van der Waals surface area contributed by atoms with Crippen molar-refractivity contribution in [2.45, 2.75) is 0 Å². The molecule has 0 saturated heterocycles. The molecule has 13 heavy (non-hydrogen) atoms. The van der Waals surface area contributed by atoms with Crippen molar-refractivity contribution in [3.63, 3.8) is 0 Å². The van der Waals surface area contributed by atoms with E-state index in [-0.39, 0.29) is 11.4 Å². The number of carbonyl (C=O) groups is 1. The van der Waals surface area contributed by atoms with E-state index in [0.29, 0.717) is 0 Å². The summed E-state index contributed by atoms with van der Waals surface area (Å²) in [5, 5.41) is 14.0. The van der Waals surface area contributed by atoms with Crippen LogP contribution in [0.2, 0.25) is 0 Å². The first-order valence-electron chi connectivity index (χ1n) is 3.25. The lowest BCUT2D eigenvalue weighted by molar-refractivity contribution is -0.385. The number of rotatable bonds is 2. The van der Waals surface area contributed by atoms with E-state index in [1.807, 2.05) is 0 Å². The molecule has 0 aliphatic carbocycles. The van der Waals surface area contributed by atoms with Crippen LogP contribution in [-0.4, -0.2) is 20.6 Å². The van der Waals surface area contributed by atoms with Crippen LogP contribution in [-0.2, 0) is 7.05 Å². The fourth-order valence-corrected chi connectivity index (χ4v) is 0.840. The van der Waals surface area contributed by atoms with Crippen molar-refractivity contribution in [3.8, 4) is 0 Å². The first kappa shape index (κ1) is 9.13. The maximum atomic E-state index is 10.9. The van der Waals surface area contributed by atoms with Crippen molar-refractivity contribution in [1.29, 1.82) is 0 Å². The Morgan fingerprint density at radius 2 is 2.46 bits per heavy atom. The van der Waals surface area contributed by atoms with Crippen molar-refractivity contribution < 1.29 is 9.72 Å². The summed E-state index contributed by atoms with van der Waals surface area (Å²) < 4.78 is 1.17. The molecule has 0 aliphatic heterocycles. The van der Waals surface area contributed by atoms with Gasteiger partial charge in [-0.25, -0.2) is 5.84 Å². The van der Waals surface area contributed by atoms with Crippen molar-refractivity contribution >= 4 is 11.6 Å². The SMILES string of the molecule is Cn1cc([N+](=O)[O-])c(C(=O)NN)n1. The van der Waals surface area contributed by atoms with Gasteiger partial charge in [0.25, 0.3) is 5.91 Å². The molecule has 1 rings (SSSR count). The minimum Gasteiger partial charge on any atom is -0.289 e. The van der Waals surface area contributed by atoms with Gasteiger partial charge in [-0.05, 0) is 0 Å². The second kappa shape index (κ2) is 3.19. The molecule has 1 aromatic rings. The molecule has 1 aromatic heterocycles. The molecule has 8 nitrogen and oxygen atoms in total. The standard InChI is InChI=1S/C5H7N5O3/c1-9-2-3(10(12)13)4(8-9)5(11)7-6/h2H,6H2,1H3,(H,7,11). The highest BCUT2D eigenvalue weighted by Crippen LogP contribution is 2.14. The van der Waals surface area contributed by atoms with Gasteiger partial charge in [-0.3, -0.25) is 25.0 Å². The number of nitrogens with one attached hydrogen (secondary N) is 1. The van der Waals surface area contributed by atoms with Gasteiger partial charge in [0.2, 0.25) is 5.69 Å². The van der Waals surface area contributed by atoms with Crippen LogP contribution in [0.3, 0.4) is 0 Å². The fourth-order valence-electron chi connectivity index (χ4n) is 0.840. The zero-order chi connectivity index (χ0) is 10.0. The lowest BCUT2D eigenvalue weighted by atomic mass is 10.3. The molecule has 70 valence electrons. The van der Waals surface area contributed by atoms with Crippen LogP contribution in [0.25, 0.3) is 0 Å². The molecule has 0 aromatic carbocycles. The van der Waals surface area contributed by atoms with Gasteiger partial charge in [-0.1, -0.05) is 0 Å². The second-order valence-electron chi connectivity index (χ2n) is 2.27. The van der Waals surface area contributed by atoms with Crippen LogP contribution in [0.15, 0.2) is 6.20 Å². The van der Waals surface area contributed by atoms with E-state index in [1.165, 1.54) is 11.7 Å². The molecular formula is C5H7N5O3. The summed E-state index contributed by atoms with van der Waals surface area (Å²) >= 11 is 0. The van der Waals surface area contributed by atoms with Gasteiger partial charge in [-0.15, -0.1) is 0 Å². The summed E-state index contributed by atoms with van der Waals surface area (Å²) in [6.07, 6.45) is 1.13. The number of nitrogen functional groups attached to an aromatic ring is 1. The maximum Gasteiger partial charge on any atom is 0.320 e. The van der Waals surface area contributed by atoms with Crippen molar-refractivity contribution in [1.82, 2.24) is 15.2 Å². The maximum absolute atomic E-state index is 10.9.